The molecule has 0 heterocycles. The van der Waals surface area contributed by atoms with Crippen LogP contribution < -0.4 is 104 Å². The van der Waals surface area contributed by atoms with E-state index in [2.05, 4.69) is 0 Å². The van der Waals surface area contributed by atoms with Gasteiger partial charge in [-0.25, -0.2) is 0 Å². The first-order valence-electron chi connectivity index (χ1n) is 3.84. The zero-order valence-corrected chi connectivity index (χ0v) is 16.5. The van der Waals surface area contributed by atoms with Crippen molar-refractivity contribution in [2.24, 2.45) is 0 Å². The van der Waals surface area contributed by atoms with E-state index in [0.29, 0.717) is 4.90 Å². The maximum Gasteiger partial charge on any atom is 1.00 e. The summed E-state index contributed by atoms with van der Waals surface area (Å²) < 4.78 is 0. The average molecular weight is 287 g/mol. The van der Waals surface area contributed by atoms with Crippen LogP contribution in [0, 0.1) is 0 Å². The molecule has 0 amide bonds. The molecule has 8 nitrogen and oxygen atoms in total. The zero-order chi connectivity index (χ0) is 12.0. The Morgan fingerprint density at radius 2 is 1.28 bits per heavy atom. The Labute approximate surface area is 170 Å². The molecule has 86 valence electrons. The van der Waals surface area contributed by atoms with Crippen LogP contribution in [0.2, 0.25) is 0 Å². The third-order valence-corrected chi connectivity index (χ3v) is 1.55. The molecule has 0 aliphatic heterocycles. The second-order valence-electron chi connectivity index (χ2n) is 2.67. The minimum absolute atomic E-state index is 0. The molecule has 0 aromatic heterocycles. The van der Waals surface area contributed by atoms with Gasteiger partial charge in [-0.05, 0) is 0 Å². The van der Waals surface area contributed by atoms with E-state index in [1.165, 1.54) is 0 Å². The molecule has 0 saturated carbocycles. The molecule has 1 unspecified atom stereocenters. The normalized spacial score (nSPS) is 10.3. The van der Waals surface area contributed by atoms with E-state index < -0.39 is 43.6 Å². The molecule has 0 fully saturated rings. The van der Waals surface area contributed by atoms with E-state index in [4.69, 9.17) is 5.11 Å². The second-order valence-corrected chi connectivity index (χ2v) is 2.67. The molecule has 11 heteroatoms. The van der Waals surface area contributed by atoms with Crippen molar-refractivity contribution < 1.29 is 123 Å². The van der Waals surface area contributed by atoms with Gasteiger partial charge in [0.05, 0.1) is 30.6 Å². The Hall–Kier alpha value is 1.33. The number of hydrogen-bond acceptors (Lipinski definition) is 8. The fraction of sp³-hybridized carbons (Fsp3) is 0.571. The van der Waals surface area contributed by atoms with Crippen LogP contribution in [0.4, 0.5) is 0 Å². The number of hydrogen-bond donors (Lipinski definition) is 1. The molecule has 0 aliphatic carbocycles. The van der Waals surface area contributed by atoms with Crippen molar-refractivity contribution in [2.75, 3.05) is 19.7 Å². The average Bonchev–Trinajstić information content (AvgIpc) is 2.01. The summed E-state index contributed by atoms with van der Waals surface area (Å²) in [6, 6.07) is -1.72. The Bertz CT molecular complexity index is 260. The minimum atomic E-state index is -1.78. The number of carboxylic acid groups (broad SMARTS) is 3. The van der Waals surface area contributed by atoms with Crippen LogP contribution in [0.25, 0.3) is 0 Å². The third-order valence-electron chi connectivity index (χ3n) is 1.55. The van der Waals surface area contributed by atoms with Crippen LogP contribution in [0.5, 0.6) is 0 Å². The zero-order valence-electron chi connectivity index (χ0n) is 10.5. The molecule has 0 radical (unpaired) electrons. The van der Waals surface area contributed by atoms with Crippen molar-refractivity contribution in [2.45, 2.75) is 6.04 Å². The molecule has 18 heavy (non-hydrogen) atoms. The van der Waals surface area contributed by atoms with Crippen molar-refractivity contribution in [3.05, 3.63) is 0 Å². The number of aliphatic hydroxyl groups is 1. The summed E-state index contributed by atoms with van der Waals surface area (Å²) in [6.07, 6.45) is 0. The monoisotopic (exact) mass is 287 g/mol. The van der Waals surface area contributed by atoms with Gasteiger partial charge in [0.15, 0.2) is 0 Å². The van der Waals surface area contributed by atoms with Crippen molar-refractivity contribution in [1.82, 2.24) is 4.90 Å². The number of nitrogens with zero attached hydrogens (tertiary/aromatic N) is 1. The smallest absolute Gasteiger partial charge is 0.549 e. The van der Waals surface area contributed by atoms with Gasteiger partial charge < -0.3 is 34.8 Å². The molecule has 0 rings (SSSR count). The molecule has 1 atom stereocenters. The number of carboxylic acids is 3. The molecule has 0 aliphatic rings. The number of carbonyl (C=O) groups is 3. The predicted octanol–water partition coefficient (Wildman–Crippen LogP) is -15.1. The van der Waals surface area contributed by atoms with Crippen molar-refractivity contribution in [3.8, 4) is 0 Å². The molecular formula is C7H8NNa3O7. The topological polar surface area (TPSA) is 144 Å². The van der Waals surface area contributed by atoms with Gasteiger partial charge in [0, 0.05) is 13.1 Å². The van der Waals surface area contributed by atoms with Crippen molar-refractivity contribution >= 4 is 17.9 Å². The van der Waals surface area contributed by atoms with Crippen LogP contribution in [-0.4, -0.2) is 53.7 Å². The van der Waals surface area contributed by atoms with E-state index in [1.54, 1.807) is 0 Å². The number of aliphatic hydroxyl groups excluding tert-OH is 1. The molecule has 0 aromatic rings. The van der Waals surface area contributed by atoms with Gasteiger partial charge in [0.25, 0.3) is 0 Å². The summed E-state index contributed by atoms with van der Waals surface area (Å²) in [5, 5.41) is 39.3. The molecular weight excluding hydrogens is 279 g/mol. The summed E-state index contributed by atoms with van der Waals surface area (Å²) in [5.74, 6) is -5.12. The Balaban J connectivity index is -0.000000327. The van der Waals surface area contributed by atoms with E-state index in [1.807, 2.05) is 0 Å². The predicted molar refractivity (Wildman–Crippen MR) is 37.5 cm³/mol. The standard InChI is InChI=1S/C7H11NO7.3Na/c9-3-4(7(14)15)8(1-5(10)11)2-6(12)13;;;/h4,9H,1-3H2,(H,10,11)(H,12,13)(H,14,15);;;/q;3*+1/p-3. The van der Waals surface area contributed by atoms with Crippen LogP contribution >= 0.6 is 0 Å². The van der Waals surface area contributed by atoms with Gasteiger partial charge in [-0.1, -0.05) is 0 Å². The summed E-state index contributed by atoms with van der Waals surface area (Å²) >= 11 is 0. The summed E-state index contributed by atoms with van der Waals surface area (Å²) in [7, 11) is 0. The van der Waals surface area contributed by atoms with E-state index in [-0.39, 0.29) is 88.7 Å². The van der Waals surface area contributed by atoms with Crippen LogP contribution in [-0.2, 0) is 14.4 Å². The van der Waals surface area contributed by atoms with E-state index >= 15 is 0 Å². The van der Waals surface area contributed by atoms with Crippen LogP contribution in [0.15, 0.2) is 0 Å². The quantitative estimate of drug-likeness (QED) is 0.454. The largest absolute Gasteiger partial charge is 1.00 e. The third kappa shape index (κ3) is 12.4. The summed E-state index contributed by atoms with van der Waals surface area (Å²) in [5.41, 5.74) is 0. The molecule has 0 saturated heterocycles. The van der Waals surface area contributed by atoms with Crippen LogP contribution in [0.1, 0.15) is 0 Å². The number of rotatable bonds is 7. The SMILES string of the molecule is O=C([O-])CN(CC(=O)[O-])C(CO)C(=O)[O-].[Na+].[Na+].[Na+]. The van der Waals surface area contributed by atoms with Gasteiger partial charge in [-0.2, -0.15) is 0 Å². The molecule has 1 N–H and O–H groups in total. The number of aliphatic carboxylic acids is 3. The maximum atomic E-state index is 10.4. The van der Waals surface area contributed by atoms with Crippen molar-refractivity contribution in [1.29, 1.82) is 0 Å². The second kappa shape index (κ2) is 14.7. The summed E-state index contributed by atoms with van der Waals surface area (Å²) in [4.78, 5) is 31.2. The van der Waals surface area contributed by atoms with Gasteiger partial charge in [0.2, 0.25) is 0 Å². The molecule has 0 aromatic carbocycles. The fourth-order valence-corrected chi connectivity index (χ4v) is 0.947. The van der Waals surface area contributed by atoms with E-state index in [0.717, 1.165) is 0 Å². The summed E-state index contributed by atoms with van der Waals surface area (Å²) in [6.45, 7) is -2.87. The van der Waals surface area contributed by atoms with Crippen molar-refractivity contribution in [3.63, 3.8) is 0 Å². The Kier molecular flexibility index (Phi) is 22.6. The first-order valence-corrected chi connectivity index (χ1v) is 3.84. The van der Waals surface area contributed by atoms with Gasteiger partial charge in [0.1, 0.15) is 0 Å². The van der Waals surface area contributed by atoms with Crippen LogP contribution in [0.3, 0.4) is 0 Å². The number of carbonyl (C=O) groups excluding carboxylic acids is 3. The van der Waals surface area contributed by atoms with Gasteiger partial charge >= 0.3 is 88.7 Å². The maximum absolute atomic E-state index is 10.4. The first kappa shape index (κ1) is 27.6. The first-order chi connectivity index (χ1) is 6.88. The Morgan fingerprint density at radius 3 is 1.44 bits per heavy atom. The molecule has 0 bridgehead atoms. The van der Waals surface area contributed by atoms with E-state index in [9.17, 15) is 29.7 Å². The minimum Gasteiger partial charge on any atom is -0.549 e. The molecule has 0 spiro atoms. The van der Waals surface area contributed by atoms with Gasteiger partial charge in [-0.15, -0.1) is 0 Å². The fourth-order valence-electron chi connectivity index (χ4n) is 0.947. The van der Waals surface area contributed by atoms with Gasteiger partial charge in [-0.3, -0.25) is 4.90 Å². The Morgan fingerprint density at radius 1 is 0.944 bits per heavy atom.